The number of nitrogens with zero attached hydrogens (tertiary/aromatic N) is 2. The Kier molecular flexibility index (Phi) is 3.33. The van der Waals surface area contributed by atoms with Gasteiger partial charge >= 0.3 is 0 Å². The molecule has 2 amide bonds. The number of carbonyl (C=O) groups excluding carboxylic acids is 2. The highest BCUT2D eigenvalue weighted by atomic mass is 16.5. The molecule has 1 fully saturated rings. The predicted molar refractivity (Wildman–Crippen MR) is 87.5 cm³/mol. The highest BCUT2D eigenvalue weighted by Crippen LogP contribution is 2.40. The predicted octanol–water partition coefficient (Wildman–Crippen LogP) is 2.67. The fraction of sp³-hybridized carbons (Fsp3) is 0.333. The maximum atomic E-state index is 12.2. The van der Waals surface area contributed by atoms with Crippen LogP contribution in [-0.2, 0) is 4.79 Å². The van der Waals surface area contributed by atoms with E-state index in [1.54, 1.807) is 18.2 Å². The molecule has 1 aromatic rings. The molecule has 0 radical (unpaired) electrons. The van der Waals surface area contributed by atoms with Gasteiger partial charge in [-0.2, -0.15) is 0 Å². The monoisotopic (exact) mass is 323 g/mol. The summed E-state index contributed by atoms with van der Waals surface area (Å²) in [6.45, 7) is 3.75. The van der Waals surface area contributed by atoms with E-state index < -0.39 is 5.91 Å². The molecular weight excluding hydrogens is 306 g/mol. The lowest BCUT2D eigenvalue weighted by molar-refractivity contribution is -0.117. The molecule has 2 heterocycles. The van der Waals surface area contributed by atoms with E-state index in [-0.39, 0.29) is 17.5 Å². The van der Waals surface area contributed by atoms with Gasteiger partial charge in [-0.1, -0.05) is 16.8 Å². The van der Waals surface area contributed by atoms with Crippen molar-refractivity contribution < 1.29 is 14.1 Å². The third kappa shape index (κ3) is 2.54. The molecule has 0 spiro atoms. The molecule has 1 aliphatic heterocycles. The first kappa shape index (κ1) is 14.8. The second-order valence-corrected chi connectivity index (χ2v) is 6.43. The molecule has 24 heavy (non-hydrogen) atoms. The summed E-state index contributed by atoms with van der Waals surface area (Å²) in [5, 5.41) is 6.66. The van der Waals surface area contributed by atoms with Gasteiger partial charge < -0.3 is 9.84 Å². The molecule has 122 valence electrons. The SMILES string of the molecule is CC1=C(C)C2C=CC(=NC(=O)c3cc(C4CC4)on3)C=C2NC1=O. The molecule has 1 N–H and O–H groups in total. The van der Waals surface area contributed by atoms with E-state index in [2.05, 4.69) is 15.5 Å². The van der Waals surface area contributed by atoms with Gasteiger partial charge in [0.25, 0.3) is 11.8 Å². The molecule has 1 saturated carbocycles. The first-order chi connectivity index (χ1) is 11.5. The van der Waals surface area contributed by atoms with Crippen molar-refractivity contribution in [3.63, 3.8) is 0 Å². The van der Waals surface area contributed by atoms with Crippen molar-refractivity contribution in [2.45, 2.75) is 32.6 Å². The summed E-state index contributed by atoms with van der Waals surface area (Å²) in [4.78, 5) is 28.2. The summed E-state index contributed by atoms with van der Waals surface area (Å²) in [7, 11) is 0. The summed E-state index contributed by atoms with van der Waals surface area (Å²) in [6.07, 6.45) is 7.64. The van der Waals surface area contributed by atoms with E-state index in [9.17, 15) is 9.59 Å². The lowest BCUT2D eigenvalue weighted by atomic mass is 9.85. The third-order valence-corrected chi connectivity index (χ3v) is 4.71. The second kappa shape index (κ2) is 5.40. The minimum absolute atomic E-state index is 0.0327. The summed E-state index contributed by atoms with van der Waals surface area (Å²) in [6, 6.07) is 1.67. The van der Waals surface area contributed by atoms with Crippen LogP contribution in [0.3, 0.4) is 0 Å². The van der Waals surface area contributed by atoms with Crippen LogP contribution in [0.5, 0.6) is 0 Å². The topological polar surface area (TPSA) is 84.6 Å². The van der Waals surface area contributed by atoms with Gasteiger partial charge in [0.15, 0.2) is 5.69 Å². The molecule has 0 aromatic carbocycles. The molecular formula is C18H17N3O3. The Hall–Kier alpha value is -2.76. The Morgan fingerprint density at radius 2 is 2.17 bits per heavy atom. The smallest absolute Gasteiger partial charge is 0.299 e. The number of allylic oxidation sites excluding steroid dienone is 3. The molecule has 0 bridgehead atoms. The molecule has 2 aliphatic carbocycles. The maximum absolute atomic E-state index is 12.2. The number of hydrogen-bond donors (Lipinski definition) is 1. The van der Waals surface area contributed by atoms with E-state index in [0.717, 1.165) is 35.4 Å². The molecule has 3 aliphatic rings. The van der Waals surface area contributed by atoms with E-state index in [0.29, 0.717) is 11.6 Å². The van der Waals surface area contributed by atoms with Crippen LogP contribution < -0.4 is 5.32 Å². The zero-order chi connectivity index (χ0) is 16.8. The largest absolute Gasteiger partial charge is 0.360 e. The molecule has 1 unspecified atom stereocenters. The van der Waals surface area contributed by atoms with Gasteiger partial charge in [-0.15, -0.1) is 0 Å². The number of hydrogen-bond acceptors (Lipinski definition) is 4. The van der Waals surface area contributed by atoms with Gasteiger partial charge in [-0.25, -0.2) is 4.99 Å². The van der Waals surface area contributed by atoms with Crippen LogP contribution in [0.1, 0.15) is 48.9 Å². The Labute approximate surface area is 139 Å². The van der Waals surface area contributed by atoms with E-state index in [1.807, 2.05) is 19.9 Å². The number of aliphatic imine (C=N–C) groups is 1. The Balaban J connectivity index is 1.58. The van der Waals surface area contributed by atoms with Gasteiger partial charge in [0.2, 0.25) is 0 Å². The minimum atomic E-state index is -0.439. The van der Waals surface area contributed by atoms with Crippen LogP contribution in [0.15, 0.2) is 50.7 Å². The lowest BCUT2D eigenvalue weighted by Gasteiger charge is -2.28. The van der Waals surface area contributed by atoms with Crippen LogP contribution in [-0.4, -0.2) is 22.7 Å². The van der Waals surface area contributed by atoms with Crippen molar-refractivity contribution in [1.82, 2.24) is 10.5 Å². The van der Waals surface area contributed by atoms with E-state index >= 15 is 0 Å². The molecule has 0 saturated heterocycles. The normalized spacial score (nSPS) is 24.8. The molecule has 4 rings (SSSR count). The van der Waals surface area contributed by atoms with Crippen molar-refractivity contribution in [3.8, 4) is 0 Å². The highest BCUT2D eigenvalue weighted by molar-refractivity contribution is 6.13. The quantitative estimate of drug-likeness (QED) is 0.907. The number of rotatable bonds is 2. The number of aromatic nitrogens is 1. The number of carbonyl (C=O) groups is 2. The Morgan fingerprint density at radius 3 is 2.92 bits per heavy atom. The average Bonchev–Trinajstić information content (AvgIpc) is 3.29. The summed E-state index contributed by atoms with van der Waals surface area (Å²) >= 11 is 0. The Bertz CT molecular complexity index is 866. The van der Waals surface area contributed by atoms with Crippen molar-refractivity contribution in [1.29, 1.82) is 0 Å². The maximum Gasteiger partial charge on any atom is 0.299 e. The van der Waals surface area contributed by atoms with Crippen molar-refractivity contribution in [3.05, 3.63) is 52.6 Å². The second-order valence-electron chi connectivity index (χ2n) is 6.43. The van der Waals surface area contributed by atoms with Crippen LogP contribution >= 0.6 is 0 Å². The van der Waals surface area contributed by atoms with E-state index in [1.165, 1.54) is 0 Å². The number of fused-ring (bicyclic) bond motifs is 1. The van der Waals surface area contributed by atoms with Gasteiger partial charge in [0, 0.05) is 29.2 Å². The third-order valence-electron chi connectivity index (χ3n) is 4.71. The van der Waals surface area contributed by atoms with Crippen molar-refractivity contribution >= 4 is 17.5 Å². The van der Waals surface area contributed by atoms with Crippen LogP contribution in [0.4, 0.5) is 0 Å². The molecule has 1 aromatic heterocycles. The van der Waals surface area contributed by atoms with Crippen LogP contribution in [0, 0.1) is 5.92 Å². The number of nitrogens with one attached hydrogen (secondary N) is 1. The summed E-state index contributed by atoms with van der Waals surface area (Å²) in [5.74, 6) is 0.643. The minimum Gasteiger partial charge on any atom is -0.360 e. The van der Waals surface area contributed by atoms with Gasteiger partial charge in [-0.05, 0) is 38.8 Å². The molecule has 6 nitrogen and oxygen atoms in total. The van der Waals surface area contributed by atoms with E-state index in [4.69, 9.17) is 4.52 Å². The summed E-state index contributed by atoms with van der Waals surface area (Å²) in [5.41, 5.74) is 3.20. The average molecular weight is 323 g/mol. The van der Waals surface area contributed by atoms with Crippen LogP contribution in [0.25, 0.3) is 0 Å². The first-order valence-corrected chi connectivity index (χ1v) is 8.01. The Morgan fingerprint density at radius 1 is 1.38 bits per heavy atom. The first-order valence-electron chi connectivity index (χ1n) is 8.01. The standard InChI is InChI=1S/C18H17N3O3/c1-9-10(2)17(22)20-14-7-12(5-6-13(9)14)19-18(23)15-8-16(24-21-15)11-3-4-11/h5-8,11,13H,3-4H2,1-2H3,(H,20,22). The fourth-order valence-corrected chi connectivity index (χ4v) is 2.92. The van der Waals surface area contributed by atoms with Crippen molar-refractivity contribution in [2.75, 3.05) is 0 Å². The lowest BCUT2D eigenvalue weighted by Crippen LogP contribution is -2.35. The van der Waals surface area contributed by atoms with Gasteiger partial charge in [-0.3, -0.25) is 9.59 Å². The zero-order valence-corrected chi connectivity index (χ0v) is 13.5. The zero-order valence-electron chi connectivity index (χ0n) is 13.5. The summed E-state index contributed by atoms with van der Waals surface area (Å²) < 4.78 is 5.19. The molecule has 1 atom stereocenters. The van der Waals surface area contributed by atoms with Crippen molar-refractivity contribution in [2.24, 2.45) is 10.9 Å². The van der Waals surface area contributed by atoms with Gasteiger partial charge in [0.05, 0.1) is 5.71 Å². The highest BCUT2D eigenvalue weighted by Gasteiger charge is 2.30. The molecule has 6 heteroatoms. The van der Waals surface area contributed by atoms with Crippen LogP contribution in [0.2, 0.25) is 0 Å². The van der Waals surface area contributed by atoms with Gasteiger partial charge in [0.1, 0.15) is 5.76 Å². The number of amides is 2. The fourth-order valence-electron chi connectivity index (χ4n) is 2.92.